The molecule has 25 heavy (non-hydrogen) atoms. The number of nitrogens with zero attached hydrogens (tertiary/aromatic N) is 3. The zero-order chi connectivity index (χ0) is 17.9. The summed E-state index contributed by atoms with van der Waals surface area (Å²) in [5.74, 6) is 0.369. The van der Waals surface area contributed by atoms with Gasteiger partial charge in [-0.25, -0.2) is 9.34 Å². The first-order valence-electron chi connectivity index (χ1n) is 7.90. The molecule has 0 radical (unpaired) electrons. The van der Waals surface area contributed by atoms with Gasteiger partial charge in [0, 0.05) is 38.3 Å². The molecule has 0 atom stereocenters. The topological polar surface area (TPSA) is 77.3 Å². The number of nitro benzene ring substituents is 1. The third kappa shape index (κ3) is 4.31. The van der Waals surface area contributed by atoms with Crippen LogP contribution in [0.1, 0.15) is 0 Å². The van der Waals surface area contributed by atoms with Gasteiger partial charge in [-0.05, 0) is 17.9 Å². The van der Waals surface area contributed by atoms with E-state index in [0.29, 0.717) is 58.4 Å². The Kier molecular flexibility index (Phi) is 6.27. The number of nitro groups is 1. The molecule has 0 unspecified atom stereocenters. The van der Waals surface area contributed by atoms with Gasteiger partial charge in [0.15, 0.2) is 0 Å². The van der Waals surface area contributed by atoms with Crippen LogP contribution in [0.2, 0.25) is 5.02 Å². The SMILES string of the molecule is O=[N+]([O-])c1ccc(OP(=S)(N2CCOCC2)N2CCOCC2)c(Cl)c1. The van der Waals surface area contributed by atoms with Gasteiger partial charge in [0.2, 0.25) is 0 Å². The lowest BCUT2D eigenvalue weighted by molar-refractivity contribution is -0.384. The molecule has 0 aliphatic carbocycles. The molecule has 0 N–H and O–H groups in total. The Morgan fingerprint density at radius 2 is 1.64 bits per heavy atom. The highest BCUT2D eigenvalue weighted by molar-refractivity contribution is 8.10. The van der Waals surface area contributed by atoms with Gasteiger partial charge in [-0.15, -0.1) is 0 Å². The summed E-state index contributed by atoms with van der Waals surface area (Å²) in [7, 11) is 0. The van der Waals surface area contributed by atoms with E-state index in [2.05, 4.69) is 9.34 Å². The van der Waals surface area contributed by atoms with Gasteiger partial charge in [0.25, 0.3) is 12.3 Å². The van der Waals surface area contributed by atoms with Crippen molar-refractivity contribution in [3.63, 3.8) is 0 Å². The molecule has 8 nitrogen and oxygen atoms in total. The monoisotopic (exact) mass is 407 g/mol. The average Bonchev–Trinajstić information content (AvgIpc) is 2.64. The Morgan fingerprint density at radius 1 is 1.12 bits per heavy atom. The van der Waals surface area contributed by atoms with Crippen LogP contribution < -0.4 is 4.52 Å². The summed E-state index contributed by atoms with van der Waals surface area (Å²) in [4.78, 5) is 10.4. The summed E-state index contributed by atoms with van der Waals surface area (Å²) in [5.41, 5.74) is -0.0802. The molecule has 3 rings (SSSR count). The maximum Gasteiger partial charge on any atom is 0.271 e. The van der Waals surface area contributed by atoms with Crippen LogP contribution in [0.15, 0.2) is 18.2 Å². The van der Waals surface area contributed by atoms with Crippen LogP contribution in [0.5, 0.6) is 5.75 Å². The normalized spacial score (nSPS) is 20.4. The third-order valence-corrected chi connectivity index (χ3v) is 8.60. The van der Waals surface area contributed by atoms with Crippen molar-refractivity contribution in [2.75, 3.05) is 52.6 Å². The van der Waals surface area contributed by atoms with E-state index >= 15 is 0 Å². The zero-order valence-electron chi connectivity index (χ0n) is 13.5. The second-order valence-electron chi connectivity index (χ2n) is 5.59. The van der Waals surface area contributed by atoms with Crippen molar-refractivity contribution < 1.29 is 18.9 Å². The Hall–Kier alpha value is -0.800. The Labute approximate surface area is 155 Å². The quantitative estimate of drug-likeness (QED) is 0.418. The van der Waals surface area contributed by atoms with Crippen molar-refractivity contribution in [1.82, 2.24) is 9.34 Å². The predicted octanol–water partition coefficient (Wildman–Crippen LogP) is 2.52. The minimum atomic E-state index is -2.57. The van der Waals surface area contributed by atoms with Gasteiger partial charge in [-0.3, -0.25) is 10.1 Å². The van der Waals surface area contributed by atoms with Crippen molar-refractivity contribution in [2.24, 2.45) is 0 Å². The molecular weight excluding hydrogens is 389 g/mol. The molecule has 2 heterocycles. The summed E-state index contributed by atoms with van der Waals surface area (Å²) in [6.45, 7) is 2.54. The summed E-state index contributed by atoms with van der Waals surface area (Å²) >= 11 is 12.2. The molecule has 2 fully saturated rings. The smallest absolute Gasteiger partial charge is 0.271 e. The summed E-state index contributed by atoms with van der Waals surface area (Å²) in [6, 6.07) is 4.18. The number of rotatable bonds is 5. The number of hydrogen-bond donors (Lipinski definition) is 0. The van der Waals surface area contributed by atoms with Gasteiger partial charge in [-0.1, -0.05) is 11.6 Å². The minimum absolute atomic E-state index is 0.0802. The van der Waals surface area contributed by atoms with Gasteiger partial charge in [0.1, 0.15) is 5.75 Å². The van der Waals surface area contributed by atoms with Crippen LogP contribution >= 0.6 is 18.2 Å². The van der Waals surface area contributed by atoms with E-state index in [9.17, 15) is 10.1 Å². The van der Waals surface area contributed by atoms with Crippen LogP contribution in [-0.2, 0) is 21.3 Å². The molecule has 0 aromatic heterocycles. The molecule has 0 spiro atoms. The van der Waals surface area contributed by atoms with Crippen molar-refractivity contribution in [2.45, 2.75) is 0 Å². The van der Waals surface area contributed by atoms with Crippen LogP contribution in [0, 0.1) is 10.1 Å². The first-order chi connectivity index (χ1) is 12.0. The molecule has 1 aromatic carbocycles. The van der Waals surface area contributed by atoms with Crippen molar-refractivity contribution in [3.8, 4) is 5.75 Å². The lowest BCUT2D eigenvalue weighted by atomic mass is 10.3. The van der Waals surface area contributed by atoms with E-state index in [-0.39, 0.29) is 10.7 Å². The first-order valence-corrected chi connectivity index (χ1v) is 10.9. The molecule has 0 amide bonds. The summed E-state index contributed by atoms with van der Waals surface area (Å²) in [6.07, 6.45) is 0. The van der Waals surface area contributed by atoms with E-state index in [1.165, 1.54) is 18.2 Å². The second kappa shape index (κ2) is 8.26. The Bertz CT molecular complexity index is 660. The van der Waals surface area contributed by atoms with Crippen LogP contribution in [0.25, 0.3) is 0 Å². The van der Waals surface area contributed by atoms with Crippen molar-refractivity contribution >= 4 is 35.7 Å². The van der Waals surface area contributed by atoms with E-state index in [0.717, 1.165) is 0 Å². The van der Waals surface area contributed by atoms with Crippen molar-refractivity contribution in [1.29, 1.82) is 0 Å². The largest absolute Gasteiger partial charge is 0.439 e. The van der Waals surface area contributed by atoms with E-state index in [4.69, 9.17) is 37.4 Å². The zero-order valence-corrected chi connectivity index (χ0v) is 16.0. The van der Waals surface area contributed by atoms with Crippen LogP contribution in [0.3, 0.4) is 0 Å². The van der Waals surface area contributed by atoms with Crippen molar-refractivity contribution in [3.05, 3.63) is 33.3 Å². The fourth-order valence-corrected chi connectivity index (χ4v) is 6.54. The fraction of sp³-hybridized carbons (Fsp3) is 0.571. The molecule has 2 aliphatic rings. The van der Waals surface area contributed by atoms with Crippen LogP contribution in [0.4, 0.5) is 5.69 Å². The number of hydrogen-bond acceptors (Lipinski definition) is 6. The highest BCUT2D eigenvalue weighted by Crippen LogP contribution is 2.56. The lowest BCUT2D eigenvalue weighted by Gasteiger charge is -2.44. The Morgan fingerprint density at radius 3 is 2.08 bits per heavy atom. The Balaban J connectivity index is 1.89. The third-order valence-electron chi connectivity index (χ3n) is 4.03. The predicted molar refractivity (Wildman–Crippen MR) is 97.8 cm³/mol. The average molecular weight is 408 g/mol. The van der Waals surface area contributed by atoms with Gasteiger partial charge < -0.3 is 14.0 Å². The van der Waals surface area contributed by atoms with Gasteiger partial charge in [0.05, 0.1) is 36.4 Å². The molecular formula is C14H19ClN3O5PS. The van der Waals surface area contributed by atoms with Crippen LogP contribution in [-0.4, -0.2) is 66.9 Å². The standard InChI is InChI=1S/C14H19ClN3O5PS/c15-13-11-12(18(19)20)1-2-14(13)23-24(25,16-3-7-21-8-4-16)17-5-9-22-10-6-17/h1-2,11H,3-10H2. The molecule has 2 saturated heterocycles. The van der Waals surface area contributed by atoms with E-state index in [1.54, 1.807) is 0 Å². The molecule has 0 saturated carbocycles. The minimum Gasteiger partial charge on any atom is -0.439 e. The molecule has 0 bridgehead atoms. The number of ether oxygens (including phenoxy) is 2. The molecule has 11 heteroatoms. The highest BCUT2D eigenvalue weighted by Gasteiger charge is 2.37. The van der Waals surface area contributed by atoms with Gasteiger partial charge >= 0.3 is 0 Å². The van der Waals surface area contributed by atoms with E-state index < -0.39 is 11.5 Å². The summed E-state index contributed by atoms with van der Waals surface area (Å²) < 4.78 is 21.4. The summed E-state index contributed by atoms with van der Waals surface area (Å²) in [5, 5.41) is 11.1. The molecule has 138 valence electrons. The number of morpholine rings is 2. The maximum absolute atomic E-state index is 10.9. The number of non-ortho nitro benzene ring substituents is 1. The highest BCUT2D eigenvalue weighted by atomic mass is 35.5. The fourth-order valence-electron chi connectivity index (χ4n) is 2.71. The number of halogens is 1. The molecule has 1 aromatic rings. The second-order valence-corrected chi connectivity index (χ2v) is 9.72. The maximum atomic E-state index is 10.9. The first kappa shape index (κ1) is 19.0. The molecule has 2 aliphatic heterocycles. The van der Waals surface area contributed by atoms with Gasteiger partial charge in [-0.2, -0.15) is 0 Å². The number of benzene rings is 1. The lowest BCUT2D eigenvalue weighted by Crippen LogP contribution is -2.44. The van der Waals surface area contributed by atoms with E-state index in [1.807, 2.05) is 0 Å².